The number of rotatable bonds is 5. The molecule has 1 aromatic carbocycles. The number of ether oxygens (including phenoxy) is 1. The van der Waals surface area contributed by atoms with Crippen LogP contribution < -0.4 is 21.3 Å². The van der Waals surface area contributed by atoms with Crippen LogP contribution >= 0.6 is 0 Å². The molecular weight excluding hydrogens is 282 g/mol. The van der Waals surface area contributed by atoms with E-state index in [2.05, 4.69) is 20.3 Å². The maximum Gasteiger partial charge on any atom is 0.252 e. The summed E-state index contributed by atoms with van der Waals surface area (Å²) in [7, 11) is 1.60. The van der Waals surface area contributed by atoms with E-state index in [4.69, 9.17) is 10.5 Å². The first kappa shape index (κ1) is 15.6. The fourth-order valence-corrected chi connectivity index (χ4v) is 1.90. The Morgan fingerprint density at radius 2 is 2.14 bits per heavy atom. The number of aryl methyl sites for hydroxylation is 1. The van der Waals surface area contributed by atoms with Gasteiger partial charge < -0.3 is 15.8 Å². The third-order valence-corrected chi connectivity index (χ3v) is 2.88. The highest BCUT2D eigenvalue weighted by Crippen LogP contribution is 2.15. The van der Waals surface area contributed by atoms with Crippen LogP contribution in [0.2, 0.25) is 0 Å². The summed E-state index contributed by atoms with van der Waals surface area (Å²) in [6.45, 7) is 2.02. The molecule has 1 aromatic heterocycles. The lowest BCUT2D eigenvalue weighted by molar-refractivity contribution is 0.415. The molecule has 0 spiro atoms. The van der Waals surface area contributed by atoms with Crippen LogP contribution in [0.5, 0.6) is 5.75 Å². The highest BCUT2D eigenvalue weighted by molar-refractivity contribution is 5.93. The Bertz CT molecular complexity index is 707. The van der Waals surface area contributed by atoms with Crippen molar-refractivity contribution in [2.45, 2.75) is 19.8 Å². The maximum atomic E-state index is 11.6. The lowest BCUT2D eigenvalue weighted by Crippen LogP contribution is -2.22. The van der Waals surface area contributed by atoms with Crippen LogP contribution in [0.4, 0.5) is 11.6 Å². The number of hydrogen-bond donors (Lipinski definition) is 3. The van der Waals surface area contributed by atoms with Crippen molar-refractivity contribution in [3.05, 3.63) is 46.4 Å². The predicted molar refractivity (Wildman–Crippen MR) is 86.8 cm³/mol. The number of aromatic nitrogens is 2. The minimum Gasteiger partial charge on any atom is -0.497 e. The quantitative estimate of drug-likeness (QED) is 0.577. The molecule has 0 atom stereocenters. The molecule has 0 aliphatic carbocycles. The number of nitrogens with two attached hydrogens (primary N) is 1. The van der Waals surface area contributed by atoms with Gasteiger partial charge in [0.2, 0.25) is 11.9 Å². The van der Waals surface area contributed by atoms with Crippen LogP contribution in [0, 0.1) is 0 Å². The van der Waals surface area contributed by atoms with Gasteiger partial charge in [-0.05, 0) is 30.7 Å². The third kappa shape index (κ3) is 4.34. The van der Waals surface area contributed by atoms with Crippen LogP contribution in [-0.2, 0) is 6.42 Å². The predicted octanol–water partition coefficient (Wildman–Crippen LogP) is 1.79. The smallest absolute Gasteiger partial charge is 0.252 e. The molecule has 0 radical (unpaired) electrons. The topological polar surface area (TPSA) is 105 Å². The summed E-state index contributed by atoms with van der Waals surface area (Å²) < 4.78 is 5.08. The first-order chi connectivity index (χ1) is 10.6. The van der Waals surface area contributed by atoms with Crippen molar-refractivity contribution < 1.29 is 4.74 Å². The van der Waals surface area contributed by atoms with E-state index in [1.165, 1.54) is 6.07 Å². The lowest BCUT2D eigenvalue weighted by Gasteiger charge is -2.06. The summed E-state index contributed by atoms with van der Waals surface area (Å²) in [6, 6.07) is 8.70. The van der Waals surface area contributed by atoms with Gasteiger partial charge in [0.05, 0.1) is 7.11 Å². The average molecular weight is 301 g/mol. The summed E-state index contributed by atoms with van der Waals surface area (Å²) in [4.78, 5) is 22.4. The van der Waals surface area contributed by atoms with Gasteiger partial charge in [-0.2, -0.15) is 4.99 Å². The molecule has 22 heavy (non-hydrogen) atoms. The molecule has 0 saturated carbocycles. The van der Waals surface area contributed by atoms with Crippen molar-refractivity contribution >= 4 is 17.6 Å². The van der Waals surface area contributed by atoms with Crippen molar-refractivity contribution in [1.82, 2.24) is 9.97 Å². The molecule has 0 saturated heterocycles. The summed E-state index contributed by atoms with van der Waals surface area (Å²) in [6.07, 6.45) is 1.62. The van der Waals surface area contributed by atoms with Gasteiger partial charge >= 0.3 is 0 Å². The summed E-state index contributed by atoms with van der Waals surface area (Å²) in [5, 5.41) is 2.92. The zero-order valence-electron chi connectivity index (χ0n) is 12.6. The minimum atomic E-state index is -0.241. The molecule has 7 heteroatoms. The number of aromatic amines is 1. The third-order valence-electron chi connectivity index (χ3n) is 2.88. The summed E-state index contributed by atoms with van der Waals surface area (Å²) in [5.41, 5.74) is 7.04. The molecule has 116 valence electrons. The van der Waals surface area contributed by atoms with Gasteiger partial charge in [-0.15, -0.1) is 0 Å². The molecule has 0 aliphatic heterocycles. The monoisotopic (exact) mass is 301 g/mol. The molecule has 4 N–H and O–H groups in total. The van der Waals surface area contributed by atoms with E-state index in [9.17, 15) is 4.79 Å². The highest BCUT2D eigenvalue weighted by Gasteiger charge is 2.02. The average Bonchev–Trinajstić information content (AvgIpc) is 2.47. The van der Waals surface area contributed by atoms with Crippen molar-refractivity contribution in [3.8, 4) is 5.75 Å². The largest absolute Gasteiger partial charge is 0.497 e. The van der Waals surface area contributed by atoms with Crippen LogP contribution in [0.1, 0.15) is 19.0 Å². The number of aliphatic imine (C=N–C) groups is 1. The molecule has 0 amide bonds. The molecule has 1 heterocycles. The Balaban J connectivity index is 2.15. The van der Waals surface area contributed by atoms with Gasteiger partial charge in [0.1, 0.15) is 5.75 Å². The Morgan fingerprint density at radius 1 is 1.41 bits per heavy atom. The van der Waals surface area contributed by atoms with Gasteiger partial charge in [0.15, 0.2) is 0 Å². The molecule has 0 unspecified atom stereocenters. The standard InChI is InChI=1S/C15H19N5O2/c1-3-4-11-9-13(21)19-15(18-11)20-14(16)17-10-5-7-12(22-2)8-6-10/h5-9H,3-4H2,1-2H3,(H4,16,17,18,19,20,21). The Kier molecular flexibility index (Phi) is 5.13. The molecule has 0 fully saturated rings. The zero-order chi connectivity index (χ0) is 15.9. The fourth-order valence-electron chi connectivity index (χ4n) is 1.90. The first-order valence-corrected chi connectivity index (χ1v) is 6.96. The van der Waals surface area contributed by atoms with Gasteiger partial charge in [-0.3, -0.25) is 9.78 Å². The van der Waals surface area contributed by atoms with Crippen LogP contribution in [0.15, 0.2) is 40.1 Å². The van der Waals surface area contributed by atoms with Crippen molar-refractivity contribution in [2.75, 3.05) is 12.4 Å². The lowest BCUT2D eigenvalue weighted by atomic mass is 10.2. The number of nitrogens with zero attached hydrogens (tertiary/aromatic N) is 2. The normalized spacial score (nSPS) is 11.3. The molecule has 0 aliphatic rings. The molecule has 2 rings (SSSR count). The van der Waals surface area contributed by atoms with Crippen LogP contribution in [0.25, 0.3) is 0 Å². The minimum absolute atomic E-state index is 0.141. The second-order valence-corrected chi connectivity index (χ2v) is 4.66. The molecule has 7 nitrogen and oxygen atoms in total. The van der Waals surface area contributed by atoms with E-state index >= 15 is 0 Å². The SMILES string of the molecule is CCCc1cc(=O)[nH]c(/N=C(/N)Nc2ccc(OC)cc2)n1. The molecular formula is C15H19N5O2. The van der Waals surface area contributed by atoms with Gasteiger partial charge in [0, 0.05) is 17.4 Å². The second kappa shape index (κ2) is 7.26. The number of anilines is 1. The summed E-state index contributed by atoms with van der Waals surface area (Å²) >= 11 is 0. The van der Waals surface area contributed by atoms with Crippen molar-refractivity contribution in [3.63, 3.8) is 0 Å². The van der Waals surface area contributed by atoms with E-state index < -0.39 is 0 Å². The number of nitrogens with one attached hydrogen (secondary N) is 2. The molecule has 2 aromatic rings. The Labute approximate surface area is 128 Å². The van der Waals surface area contributed by atoms with E-state index in [0.717, 1.165) is 24.3 Å². The zero-order valence-corrected chi connectivity index (χ0v) is 12.6. The van der Waals surface area contributed by atoms with Crippen LogP contribution in [-0.4, -0.2) is 23.0 Å². The molecule has 0 bridgehead atoms. The maximum absolute atomic E-state index is 11.6. The summed E-state index contributed by atoms with van der Waals surface area (Å²) in [5.74, 6) is 1.08. The fraction of sp³-hybridized carbons (Fsp3) is 0.267. The number of benzene rings is 1. The first-order valence-electron chi connectivity index (χ1n) is 6.96. The van der Waals surface area contributed by atoms with E-state index in [-0.39, 0.29) is 17.5 Å². The second-order valence-electron chi connectivity index (χ2n) is 4.66. The van der Waals surface area contributed by atoms with Gasteiger partial charge in [-0.25, -0.2) is 4.98 Å². The van der Waals surface area contributed by atoms with Crippen molar-refractivity contribution in [1.29, 1.82) is 0 Å². The van der Waals surface area contributed by atoms with Crippen molar-refractivity contribution in [2.24, 2.45) is 10.7 Å². The Morgan fingerprint density at radius 3 is 2.77 bits per heavy atom. The Hall–Kier alpha value is -2.83. The van der Waals surface area contributed by atoms with Gasteiger partial charge in [0.25, 0.3) is 5.56 Å². The van der Waals surface area contributed by atoms with Gasteiger partial charge in [-0.1, -0.05) is 13.3 Å². The highest BCUT2D eigenvalue weighted by atomic mass is 16.5. The van der Waals surface area contributed by atoms with E-state index in [1.54, 1.807) is 19.2 Å². The number of methoxy groups -OCH3 is 1. The number of hydrogen-bond acceptors (Lipinski definition) is 4. The van der Waals surface area contributed by atoms with E-state index in [0.29, 0.717) is 5.69 Å². The number of H-pyrrole nitrogens is 1. The van der Waals surface area contributed by atoms with E-state index in [1.807, 2.05) is 19.1 Å². The number of guanidine groups is 1. The van der Waals surface area contributed by atoms with Crippen LogP contribution in [0.3, 0.4) is 0 Å².